The Kier molecular flexibility index (Phi) is 7.78. The average Bonchev–Trinajstić information content (AvgIpc) is 3.88. The molecule has 12 aromatic rings. The van der Waals surface area contributed by atoms with Crippen molar-refractivity contribution in [1.82, 2.24) is 19.5 Å². The van der Waals surface area contributed by atoms with Crippen molar-refractivity contribution in [3.05, 3.63) is 206 Å². The van der Waals surface area contributed by atoms with Crippen molar-refractivity contribution in [1.29, 1.82) is 0 Å². The van der Waals surface area contributed by atoms with Gasteiger partial charge in [-0.1, -0.05) is 170 Å². The minimum absolute atomic E-state index is 0.585. The largest absolute Gasteiger partial charge is 0.454 e. The molecule has 0 saturated heterocycles. The van der Waals surface area contributed by atoms with Gasteiger partial charge in [0, 0.05) is 38.2 Å². The van der Waals surface area contributed by atoms with E-state index >= 15 is 0 Å². The molecule has 9 aromatic carbocycles. The molecule has 0 N–H and O–H groups in total. The molecule has 0 bridgehead atoms. The monoisotopic (exact) mass is 766 g/mol. The van der Waals surface area contributed by atoms with E-state index in [4.69, 9.17) is 19.4 Å². The number of benzene rings is 9. The highest BCUT2D eigenvalue weighted by Gasteiger charge is 2.24. The fourth-order valence-electron chi connectivity index (χ4n) is 8.82. The van der Waals surface area contributed by atoms with E-state index < -0.39 is 0 Å². The molecule has 0 radical (unpaired) electrons. The van der Waals surface area contributed by atoms with Crippen LogP contribution in [0.25, 0.3) is 117 Å². The summed E-state index contributed by atoms with van der Waals surface area (Å²) in [6.07, 6.45) is 0. The van der Waals surface area contributed by atoms with E-state index in [1.807, 2.05) is 72.8 Å². The maximum absolute atomic E-state index is 6.93. The van der Waals surface area contributed by atoms with E-state index in [2.05, 4.69) is 138 Å². The van der Waals surface area contributed by atoms with Gasteiger partial charge >= 0.3 is 0 Å². The third kappa shape index (κ3) is 5.52. The molecule has 0 atom stereocenters. The minimum atomic E-state index is 0.585. The molecule has 3 aromatic heterocycles. The Balaban J connectivity index is 1.10. The number of fused-ring (bicyclic) bond motifs is 8. The van der Waals surface area contributed by atoms with E-state index in [9.17, 15) is 0 Å². The number of aromatic nitrogens is 4. The van der Waals surface area contributed by atoms with Crippen LogP contribution in [0.5, 0.6) is 0 Å². The summed E-state index contributed by atoms with van der Waals surface area (Å²) in [4.78, 5) is 15.3. The Bertz CT molecular complexity index is 3520. The summed E-state index contributed by atoms with van der Waals surface area (Å²) >= 11 is 0. The second-order valence-corrected chi connectivity index (χ2v) is 15.2. The van der Waals surface area contributed by atoms with Gasteiger partial charge in [-0.25, -0.2) is 15.0 Å². The topological polar surface area (TPSA) is 56.7 Å². The Morgan fingerprint density at radius 3 is 1.58 bits per heavy atom. The maximum Gasteiger partial charge on any atom is 0.164 e. The molecule has 0 amide bonds. The van der Waals surface area contributed by atoms with Gasteiger partial charge in [-0.2, -0.15) is 0 Å². The van der Waals surface area contributed by atoms with Crippen LogP contribution in [-0.2, 0) is 0 Å². The number of rotatable bonds is 6. The van der Waals surface area contributed by atoms with Gasteiger partial charge in [0.05, 0.1) is 16.7 Å². The molecule has 0 aliphatic heterocycles. The van der Waals surface area contributed by atoms with Crippen molar-refractivity contribution in [2.45, 2.75) is 0 Å². The van der Waals surface area contributed by atoms with Crippen LogP contribution < -0.4 is 0 Å². The van der Waals surface area contributed by atoms with E-state index in [-0.39, 0.29) is 0 Å². The number of furan rings is 1. The highest BCUT2D eigenvalue weighted by atomic mass is 16.3. The van der Waals surface area contributed by atoms with Crippen molar-refractivity contribution in [3.63, 3.8) is 0 Å². The zero-order valence-corrected chi connectivity index (χ0v) is 32.3. The highest BCUT2D eigenvalue weighted by Crippen LogP contribution is 2.44. The average molecular weight is 767 g/mol. The van der Waals surface area contributed by atoms with Crippen LogP contribution in [-0.4, -0.2) is 19.5 Å². The summed E-state index contributed by atoms with van der Waals surface area (Å²) in [5.41, 5.74) is 12.2. The van der Waals surface area contributed by atoms with Gasteiger partial charge in [0.25, 0.3) is 0 Å². The zero-order valence-electron chi connectivity index (χ0n) is 32.3. The number of hydrogen-bond donors (Lipinski definition) is 0. The van der Waals surface area contributed by atoms with Gasteiger partial charge in [-0.3, -0.25) is 0 Å². The molecule has 5 nitrogen and oxygen atoms in total. The lowest BCUT2D eigenvalue weighted by Crippen LogP contribution is -2.01. The second-order valence-electron chi connectivity index (χ2n) is 15.2. The molecule has 12 rings (SSSR count). The van der Waals surface area contributed by atoms with Crippen LogP contribution in [0.3, 0.4) is 0 Å². The van der Waals surface area contributed by atoms with Crippen molar-refractivity contribution in [2.75, 3.05) is 0 Å². The van der Waals surface area contributed by atoms with Crippen LogP contribution >= 0.6 is 0 Å². The van der Waals surface area contributed by atoms with Gasteiger partial charge in [0.2, 0.25) is 0 Å². The standard InChI is InChI=1S/C55H34N4O/c1-4-14-35(15-5-1)36-24-26-37(27-25-36)41-29-31-46-45(34-41)50-42-21-11-10-16-38(42)28-32-47(50)59(46)48-33-30-44(51-43-22-12-13-23-49(43)60-52(48)51)55-57-53(39-17-6-2-7-18-39)56-54(58-55)40-19-8-3-9-20-40/h1-34H. The second kappa shape index (κ2) is 13.8. The van der Waals surface area contributed by atoms with E-state index in [0.29, 0.717) is 17.5 Å². The Morgan fingerprint density at radius 2 is 0.883 bits per heavy atom. The van der Waals surface area contributed by atoms with Gasteiger partial charge in [0.15, 0.2) is 23.1 Å². The Labute approximate surface area is 345 Å². The Hall–Kier alpha value is -8.15. The normalized spacial score (nSPS) is 11.7. The van der Waals surface area contributed by atoms with Gasteiger partial charge in [0.1, 0.15) is 5.58 Å². The first-order valence-electron chi connectivity index (χ1n) is 20.2. The SMILES string of the molecule is c1ccc(-c2ccc(-c3ccc4c(c3)c3c5ccccc5ccc3n4-c3ccc(-c4nc(-c5ccccc5)nc(-c5ccccc5)n4)c4c3oc3ccccc34)cc2)cc1. The zero-order chi connectivity index (χ0) is 39.6. The molecule has 280 valence electrons. The molecule has 0 aliphatic rings. The van der Waals surface area contributed by atoms with Crippen molar-refractivity contribution in [3.8, 4) is 62.1 Å². The third-order valence-electron chi connectivity index (χ3n) is 11.7. The fraction of sp³-hybridized carbons (Fsp3) is 0. The van der Waals surface area contributed by atoms with E-state index in [1.165, 1.54) is 38.2 Å². The molecular weight excluding hydrogens is 733 g/mol. The van der Waals surface area contributed by atoms with Gasteiger partial charge in [-0.15, -0.1) is 0 Å². The van der Waals surface area contributed by atoms with Crippen molar-refractivity contribution in [2.24, 2.45) is 0 Å². The van der Waals surface area contributed by atoms with Crippen LogP contribution in [0.4, 0.5) is 0 Å². The molecule has 0 aliphatic carbocycles. The van der Waals surface area contributed by atoms with E-state index in [0.717, 1.165) is 60.9 Å². The van der Waals surface area contributed by atoms with Crippen LogP contribution in [0, 0.1) is 0 Å². The van der Waals surface area contributed by atoms with Gasteiger partial charge in [-0.05, 0) is 69.4 Å². The number of hydrogen-bond acceptors (Lipinski definition) is 4. The quantitative estimate of drug-likeness (QED) is 0.169. The smallest absolute Gasteiger partial charge is 0.164 e. The molecule has 0 spiro atoms. The first-order valence-corrected chi connectivity index (χ1v) is 20.2. The summed E-state index contributed by atoms with van der Waals surface area (Å²) in [5, 5.41) is 6.75. The lowest BCUT2D eigenvalue weighted by molar-refractivity contribution is 0.666. The number of para-hydroxylation sites is 1. The Morgan fingerprint density at radius 1 is 0.350 bits per heavy atom. The van der Waals surface area contributed by atoms with Gasteiger partial charge < -0.3 is 8.98 Å². The maximum atomic E-state index is 6.93. The lowest BCUT2D eigenvalue weighted by Gasteiger charge is -2.13. The van der Waals surface area contributed by atoms with Crippen LogP contribution in [0.1, 0.15) is 0 Å². The predicted octanol–water partition coefficient (Wildman–Crippen LogP) is 14.4. The summed E-state index contributed by atoms with van der Waals surface area (Å²) in [6.45, 7) is 0. The summed E-state index contributed by atoms with van der Waals surface area (Å²) in [7, 11) is 0. The first kappa shape index (κ1) is 33.9. The number of nitrogens with zero attached hydrogens (tertiary/aromatic N) is 4. The molecule has 3 heterocycles. The lowest BCUT2D eigenvalue weighted by atomic mass is 9.98. The summed E-state index contributed by atoms with van der Waals surface area (Å²) in [5.74, 6) is 1.82. The highest BCUT2D eigenvalue weighted by molar-refractivity contribution is 6.23. The predicted molar refractivity (Wildman–Crippen MR) is 246 cm³/mol. The van der Waals surface area contributed by atoms with Crippen LogP contribution in [0.15, 0.2) is 211 Å². The van der Waals surface area contributed by atoms with E-state index in [1.54, 1.807) is 0 Å². The third-order valence-corrected chi connectivity index (χ3v) is 11.7. The fourth-order valence-corrected chi connectivity index (χ4v) is 8.82. The molecule has 5 heteroatoms. The minimum Gasteiger partial charge on any atom is -0.454 e. The summed E-state index contributed by atoms with van der Waals surface area (Å²) < 4.78 is 9.30. The first-order chi connectivity index (χ1) is 29.7. The molecular formula is C55H34N4O. The molecule has 0 fully saturated rings. The molecule has 60 heavy (non-hydrogen) atoms. The summed E-state index contributed by atoms with van der Waals surface area (Å²) in [6, 6.07) is 72.2. The van der Waals surface area contributed by atoms with Crippen molar-refractivity contribution < 1.29 is 4.42 Å². The van der Waals surface area contributed by atoms with Crippen LogP contribution in [0.2, 0.25) is 0 Å². The molecule has 0 saturated carbocycles. The molecule has 0 unspecified atom stereocenters. The van der Waals surface area contributed by atoms with Crippen molar-refractivity contribution >= 4 is 54.5 Å².